The van der Waals surface area contributed by atoms with Gasteiger partial charge in [-0.05, 0) is 24.3 Å². The minimum atomic E-state index is -3.61. The first-order chi connectivity index (χ1) is 9.54. The van der Waals surface area contributed by atoms with Crippen LogP contribution in [0.15, 0.2) is 29.2 Å². The molecule has 1 aliphatic heterocycles. The number of nitrogens with one attached hydrogen (secondary N) is 2. The summed E-state index contributed by atoms with van der Waals surface area (Å²) in [5.74, 6) is 0. The molecule has 0 aliphatic carbocycles. The predicted molar refractivity (Wildman–Crippen MR) is 79.8 cm³/mol. The number of aromatic nitrogens is 1. The average molecular weight is 330 g/mol. The lowest BCUT2D eigenvalue weighted by Crippen LogP contribution is -2.22. The number of rotatable bonds is 3. The predicted octanol–water partition coefficient (Wildman–Crippen LogP) is 2.24. The standard InChI is InChI=1S/C12H12ClN3O2S2/c13-8-1-3-9(4-2-8)20(17,18)16-12-15-10-5-6-14-7-11(10)19-12/h1-4,14H,5-7H2,(H,15,16). The molecule has 1 aromatic heterocycles. The summed E-state index contributed by atoms with van der Waals surface area (Å²) in [6.45, 7) is 1.62. The Labute approximate surface area is 126 Å². The number of halogens is 1. The van der Waals surface area contributed by atoms with Crippen molar-refractivity contribution < 1.29 is 8.42 Å². The van der Waals surface area contributed by atoms with E-state index in [0.29, 0.717) is 10.2 Å². The van der Waals surface area contributed by atoms with Crippen molar-refractivity contribution in [1.82, 2.24) is 10.3 Å². The largest absolute Gasteiger partial charge is 0.311 e. The molecule has 1 aliphatic rings. The molecule has 5 nitrogen and oxygen atoms in total. The van der Waals surface area contributed by atoms with E-state index in [0.717, 1.165) is 30.1 Å². The molecule has 3 rings (SSSR count). The highest BCUT2D eigenvalue weighted by Crippen LogP contribution is 2.27. The Morgan fingerprint density at radius 1 is 1.30 bits per heavy atom. The van der Waals surface area contributed by atoms with Crippen LogP contribution in [0.5, 0.6) is 0 Å². The topological polar surface area (TPSA) is 71.1 Å². The highest BCUT2D eigenvalue weighted by molar-refractivity contribution is 7.93. The summed E-state index contributed by atoms with van der Waals surface area (Å²) in [6, 6.07) is 6.04. The Balaban J connectivity index is 1.86. The van der Waals surface area contributed by atoms with E-state index in [-0.39, 0.29) is 4.90 Å². The van der Waals surface area contributed by atoms with Gasteiger partial charge >= 0.3 is 0 Å². The third kappa shape index (κ3) is 2.80. The molecule has 8 heteroatoms. The molecule has 0 saturated heterocycles. The van der Waals surface area contributed by atoms with E-state index in [1.165, 1.54) is 23.5 Å². The molecule has 0 atom stereocenters. The number of benzene rings is 1. The van der Waals surface area contributed by atoms with Crippen molar-refractivity contribution in [2.75, 3.05) is 11.3 Å². The van der Waals surface area contributed by atoms with Crippen molar-refractivity contribution >= 4 is 38.1 Å². The lowest BCUT2D eigenvalue weighted by Gasteiger charge is -2.09. The smallest absolute Gasteiger partial charge is 0.263 e. The van der Waals surface area contributed by atoms with E-state index in [4.69, 9.17) is 11.6 Å². The summed E-state index contributed by atoms with van der Waals surface area (Å²) in [5, 5.41) is 4.14. The van der Waals surface area contributed by atoms with Crippen LogP contribution >= 0.6 is 22.9 Å². The SMILES string of the molecule is O=S(=O)(Nc1nc2c(s1)CNCC2)c1ccc(Cl)cc1. The summed E-state index contributed by atoms with van der Waals surface area (Å²) in [7, 11) is -3.61. The van der Waals surface area contributed by atoms with Crippen LogP contribution in [-0.2, 0) is 23.0 Å². The van der Waals surface area contributed by atoms with E-state index in [2.05, 4.69) is 15.0 Å². The quantitative estimate of drug-likeness (QED) is 0.906. The third-order valence-electron chi connectivity index (χ3n) is 2.95. The zero-order valence-corrected chi connectivity index (χ0v) is 12.8. The monoisotopic (exact) mass is 329 g/mol. The van der Waals surface area contributed by atoms with Crippen molar-refractivity contribution in [1.29, 1.82) is 0 Å². The number of anilines is 1. The van der Waals surface area contributed by atoms with E-state index in [1.807, 2.05) is 0 Å². The van der Waals surface area contributed by atoms with Crippen LogP contribution < -0.4 is 10.0 Å². The van der Waals surface area contributed by atoms with Gasteiger partial charge in [0.1, 0.15) is 0 Å². The van der Waals surface area contributed by atoms with Gasteiger partial charge in [-0.3, -0.25) is 4.72 Å². The number of nitrogens with zero attached hydrogens (tertiary/aromatic N) is 1. The highest BCUT2D eigenvalue weighted by atomic mass is 35.5. The van der Waals surface area contributed by atoms with Crippen molar-refractivity contribution in [3.63, 3.8) is 0 Å². The van der Waals surface area contributed by atoms with Gasteiger partial charge in [0.05, 0.1) is 10.6 Å². The van der Waals surface area contributed by atoms with Gasteiger partial charge < -0.3 is 5.32 Å². The molecule has 20 heavy (non-hydrogen) atoms. The van der Waals surface area contributed by atoms with Gasteiger partial charge in [0.25, 0.3) is 10.0 Å². The molecule has 0 saturated carbocycles. The summed E-state index contributed by atoms with van der Waals surface area (Å²) in [4.78, 5) is 5.60. The molecule has 0 radical (unpaired) electrons. The fourth-order valence-corrected chi connectivity index (χ4v) is 4.30. The molecular weight excluding hydrogens is 318 g/mol. The lowest BCUT2D eigenvalue weighted by atomic mass is 10.2. The number of hydrogen-bond donors (Lipinski definition) is 2. The molecular formula is C12H12ClN3O2S2. The molecule has 0 spiro atoms. The Kier molecular flexibility index (Phi) is 3.68. The van der Waals surface area contributed by atoms with Crippen LogP contribution in [0.4, 0.5) is 5.13 Å². The van der Waals surface area contributed by atoms with Crippen LogP contribution in [-0.4, -0.2) is 19.9 Å². The van der Waals surface area contributed by atoms with Gasteiger partial charge in [-0.2, -0.15) is 0 Å². The second kappa shape index (κ2) is 5.33. The molecule has 1 aromatic carbocycles. The van der Waals surface area contributed by atoms with Crippen molar-refractivity contribution in [2.24, 2.45) is 0 Å². The maximum absolute atomic E-state index is 12.2. The molecule has 106 valence electrons. The van der Waals surface area contributed by atoms with E-state index in [9.17, 15) is 8.42 Å². The fraction of sp³-hybridized carbons (Fsp3) is 0.250. The second-order valence-electron chi connectivity index (χ2n) is 4.38. The zero-order valence-electron chi connectivity index (χ0n) is 10.4. The summed E-state index contributed by atoms with van der Waals surface area (Å²) in [6.07, 6.45) is 0.828. The fourth-order valence-electron chi connectivity index (χ4n) is 1.96. The van der Waals surface area contributed by atoms with Crippen LogP contribution in [0.3, 0.4) is 0 Å². The van der Waals surface area contributed by atoms with Gasteiger partial charge in [0, 0.05) is 29.4 Å². The van der Waals surface area contributed by atoms with Gasteiger partial charge in [0.2, 0.25) is 0 Å². The van der Waals surface area contributed by atoms with Gasteiger partial charge in [0.15, 0.2) is 5.13 Å². The minimum absolute atomic E-state index is 0.174. The summed E-state index contributed by atoms with van der Waals surface area (Å²) >= 11 is 7.13. The minimum Gasteiger partial charge on any atom is -0.311 e. The first-order valence-electron chi connectivity index (χ1n) is 6.02. The Hall–Kier alpha value is -1.15. The maximum Gasteiger partial charge on any atom is 0.263 e. The van der Waals surface area contributed by atoms with Crippen LogP contribution in [0.25, 0.3) is 0 Å². The normalized spacial score (nSPS) is 14.8. The first-order valence-corrected chi connectivity index (χ1v) is 8.70. The van der Waals surface area contributed by atoms with Crippen LogP contribution in [0.2, 0.25) is 5.02 Å². The highest BCUT2D eigenvalue weighted by Gasteiger charge is 2.19. The Bertz CT molecular complexity index is 702. The molecule has 0 amide bonds. The summed E-state index contributed by atoms with van der Waals surface area (Å²) < 4.78 is 27.0. The molecule has 2 heterocycles. The number of fused-ring (bicyclic) bond motifs is 1. The maximum atomic E-state index is 12.2. The Morgan fingerprint density at radius 2 is 2.05 bits per heavy atom. The lowest BCUT2D eigenvalue weighted by molar-refractivity contribution is 0.601. The number of thiazole rings is 1. The Morgan fingerprint density at radius 3 is 2.75 bits per heavy atom. The average Bonchev–Trinajstić information content (AvgIpc) is 2.80. The molecule has 2 aromatic rings. The van der Waals surface area contributed by atoms with E-state index >= 15 is 0 Å². The van der Waals surface area contributed by atoms with Crippen LogP contribution in [0.1, 0.15) is 10.6 Å². The summed E-state index contributed by atoms with van der Waals surface area (Å²) in [5.41, 5.74) is 0.975. The first kappa shape index (κ1) is 13.8. The zero-order chi connectivity index (χ0) is 14.2. The molecule has 0 bridgehead atoms. The number of hydrogen-bond acceptors (Lipinski definition) is 5. The van der Waals surface area contributed by atoms with Gasteiger partial charge in [-0.1, -0.05) is 22.9 Å². The number of sulfonamides is 1. The van der Waals surface area contributed by atoms with E-state index < -0.39 is 10.0 Å². The molecule has 2 N–H and O–H groups in total. The third-order valence-corrected chi connectivity index (χ3v) is 5.70. The molecule has 0 fully saturated rings. The van der Waals surface area contributed by atoms with Crippen molar-refractivity contribution in [3.8, 4) is 0 Å². The van der Waals surface area contributed by atoms with Crippen molar-refractivity contribution in [2.45, 2.75) is 17.9 Å². The molecule has 0 unspecified atom stereocenters. The van der Waals surface area contributed by atoms with Crippen LogP contribution in [0, 0.1) is 0 Å². The van der Waals surface area contributed by atoms with Gasteiger partial charge in [-0.15, -0.1) is 0 Å². The van der Waals surface area contributed by atoms with Gasteiger partial charge in [-0.25, -0.2) is 13.4 Å². The van der Waals surface area contributed by atoms with Crippen molar-refractivity contribution in [3.05, 3.63) is 39.9 Å². The second-order valence-corrected chi connectivity index (χ2v) is 7.58. The van der Waals surface area contributed by atoms with E-state index in [1.54, 1.807) is 12.1 Å².